The maximum absolute atomic E-state index is 5.93. The summed E-state index contributed by atoms with van der Waals surface area (Å²) in [5.41, 5.74) is 0.931. The van der Waals surface area contributed by atoms with E-state index >= 15 is 0 Å². The molecule has 2 rings (SSSR count). The predicted octanol–water partition coefficient (Wildman–Crippen LogP) is 4.25. The molecule has 4 heteroatoms. The summed E-state index contributed by atoms with van der Waals surface area (Å²) >= 11 is 13.4. The standard InChI is InChI=1S/C9H7Cl2NS/c1-5(10)9-12-7-4-6(11)2-3-8(7)13-9/h2-5H,1H3. The Bertz CT molecular complexity index is 436. The molecule has 0 aliphatic carbocycles. The van der Waals surface area contributed by atoms with Gasteiger partial charge >= 0.3 is 0 Å². The van der Waals surface area contributed by atoms with Gasteiger partial charge in [-0.25, -0.2) is 4.98 Å². The number of rotatable bonds is 1. The molecule has 1 unspecified atom stereocenters. The molecule has 2 aromatic rings. The molecule has 0 N–H and O–H groups in total. The lowest BCUT2D eigenvalue weighted by molar-refractivity contribution is 1.06. The average molecular weight is 232 g/mol. The van der Waals surface area contributed by atoms with Crippen LogP contribution in [-0.4, -0.2) is 4.98 Å². The van der Waals surface area contributed by atoms with Crippen LogP contribution in [0.15, 0.2) is 18.2 Å². The Hall–Kier alpha value is -0.310. The lowest BCUT2D eigenvalue weighted by atomic mass is 10.3. The molecule has 0 fully saturated rings. The highest BCUT2D eigenvalue weighted by Gasteiger charge is 2.08. The highest BCUT2D eigenvalue weighted by molar-refractivity contribution is 7.18. The zero-order valence-corrected chi connectivity index (χ0v) is 9.25. The number of alkyl halides is 1. The number of hydrogen-bond acceptors (Lipinski definition) is 2. The third-order valence-electron chi connectivity index (χ3n) is 1.71. The zero-order chi connectivity index (χ0) is 9.42. The number of fused-ring (bicyclic) bond motifs is 1. The minimum Gasteiger partial charge on any atom is -0.240 e. The van der Waals surface area contributed by atoms with Crippen LogP contribution in [-0.2, 0) is 0 Å². The lowest BCUT2D eigenvalue weighted by Gasteiger charge is -1.91. The fourth-order valence-corrected chi connectivity index (χ4v) is 2.31. The van der Waals surface area contributed by atoms with E-state index in [4.69, 9.17) is 23.2 Å². The average Bonchev–Trinajstić information content (AvgIpc) is 2.46. The topological polar surface area (TPSA) is 12.9 Å². The van der Waals surface area contributed by atoms with Gasteiger partial charge in [-0.3, -0.25) is 0 Å². The second-order valence-electron chi connectivity index (χ2n) is 2.78. The molecule has 1 aromatic carbocycles. The number of benzene rings is 1. The Balaban J connectivity index is 2.62. The van der Waals surface area contributed by atoms with Gasteiger partial charge in [-0.2, -0.15) is 0 Å². The van der Waals surface area contributed by atoms with Crippen LogP contribution in [0, 0.1) is 0 Å². The molecule has 0 amide bonds. The Morgan fingerprint density at radius 3 is 2.92 bits per heavy atom. The van der Waals surface area contributed by atoms with E-state index < -0.39 is 0 Å². The third-order valence-corrected chi connectivity index (χ3v) is 3.50. The zero-order valence-electron chi connectivity index (χ0n) is 6.92. The van der Waals surface area contributed by atoms with Crippen molar-refractivity contribution >= 4 is 44.8 Å². The third kappa shape index (κ3) is 1.80. The van der Waals surface area contributed by atoms with Crippen molar-refractivity contribution in [3.05, 3.63) is 28.2 Å². The molecule has 13 heavy (non-hydrogen) atoms. The minimum atomic E-state index is -0.0313. The molecule has 1 aromatic heterocycles. The van der Waals surface area contributed by atoms with Gasteiger partial charge in [-0.05, 0) is 25.1 Å². The molecule has 0 saturated carbocycles. The molecule has 0 radical (unpaired) electrons. The van der Waals surface area contributed by atoms with Crippen molar-refractivity contribution in [1.29, 1.82) is 0 Å². The van der Waals surface area contributed by atoms with Crippen LogP contribution in [0.5, 0.6) is 0 Å². The second-order valence-corrected chi connectivity index (χ2v) is 4.93. The fraction of sp³-hybridized carbons (Fsp3) is 0.222. The van der Waals surface area contributed by atoms with E-state index in [1.165, 1.54) is 0 Å². The first-order chi connectivity index (χ1) is 6.16. The Labute approximate surface area is 90.3 Å². The van der Waals surface area contributed by atoms with E-state index in [0.717, 1.165) is 15.2 Å². The first-order valence-electron chi connectivity index (χ1n) is 3.87. The number of halogens is 2. The molecule has 0 bridgehead atoms. The van der Waals surface area contributed by atoms with Crippen molar-refractivity contribution < 1.29 is 0 Å². The maximum atomic E-state index is 5.93. The molecular weight excluding hydrogens is 225 g/mol. The van der Waals surface area contributed by atoms with Crippen LogP contribution < -0.4 is 0 Å². The number of thiazole rings is 1. The van der Waals surface area contributed by atoms with Crippen LogP contribution in [0.4, 0.5) is 0 Å². The minimum absolute atomic E-state index is 0.0313. The van der Waals surface area contributed by atoms with Gasteiger partial charge in [0.15, 0.2) is 0 Å². The normalized spacial score (nSPS) is 13.5. The Morgan fingerprint density at radius 1 is 1.46 bits per heavy atom. The summed E-state index contributed by atoms with van der Waals surface area (Å²) in [6.07, 6.45) is 0. The van der Waals surface area contributed by atoms with Gasteiger partial charge in [-0.1, -0.05) is 11.6 Å². The van der Waals surface area contributed by atoms with E-state index in [1.807, 2.05) is 25.1 Å². The van der Waals surface area contributed by atoms with Crippen molar-refractivity contribution in [2.45, 2.75) is 12.3 Å². The second kappa shape index (κ2) is 3.45. The van der Waals surface area contributed by atoms with Crippen molar-refractivity contribution in [3.8, 4) is 0 Å². The molecule has 0 saturated heterocycles. The molecule has 0 aliphatic heterocycles. The molecule has 1 atom stereocenters. The van der Waals surface area contributed by atoms with Crippen molar-refractivity contribution in [3.63, 3.8) is 0 Å². The smallest absolute Gasteiger partial charge is 0.111 e. The Morgan fingerprint density at radius 2 is 2.23 bits per heavy atom. The van der Waals surface area contributed by atoms with Gasteiger partial charge in [-0.15, -0.1) is 22.9 Å². The van der Waals surface area contributed by atoms with E-state index in [1.54, 1.807) is 11.3 Å². The largest absolute Gasteiger partial charge is 0.240 e. The van der Waals surface area contributed by atoms with Gasteiger partial charge in [0.25, 0.3) is 0 Å². The first kappa shape index (κ1) is 9.25. The first-order valence-corrected chi connectivity index (χ1v) is 5.50. The summed E-state index contributed by atoms with van der Waals surface area (Å²) in [5.74, 6) is 0. The van der Waals surface area contributed by atoms with E-state index in [0.29, 0.717) is 5.02 Å². The van der Waals surface area contributed by atoms with E-state index in [2.05, 4.69) is 4.98 Å². The maximum Gasteiger partial charge on any atom is 0.111 e. The monoisotopic (exact) mass is 231 g/mol. The molecule has 0 aliphatic rings. The molecule has 1 heterocycles. The van der Waals surface area contributed by atoms with Crippen LogP contribution in [0.2, 0.25) is 5.02 Å². The predicted molar refractivity (Wildman–Crippen MR) is 58.9 cm³/mol. The van der Waals surface area contributed by atoms with Crippen LogP contribution in [0.25, 0.3) is 10.2 Å². The van der Waals surface area contributed by atoms with Gasteiger partial charge < -0.3 is 0 Å². The van der Waals surface area contributed by atoms with Crippen LogP contribution >= 0.6 is 34.5 Å². The molecular formula is C9H7Cl2NS. The van der Waals surface area contributed by atoms with Gasteiger partial charge in [0.2, 0.25) is 0 Å². The van der Waals surface area contributed by atoms with Gasteiger partial charge in [0.05, 0.1) is 15.6 Å². The molecule has 0 spiro atoms. The summed E-state index contributed by atoms with van der Waals surface area (Å²) in [7, 11) is 0. The van der Waals surface area contributed by atoms with Crippen molar-refractivity contribution in [2.75, 3.05) is 0 Å². The van der Waals surface area contributed by atoms with E-state index in [-0.39, 0.29) is 5.38 Å². The fourth-order valence-electron chi connectivity index (χ4n) is 1.09. The SMILES string of the molecule is CC(Cl)c1nc2cc(Cl)ccc2s1. The van der Waals surface area contributed by atoms with Gasteiger partial charge in [0.1, 0.15) is 5.01 Å². The lowest BCUT2D eigenvalue weighted by Crippen LogP contribution is -1.79. The quantitative estimate of drug-likeness (QED) is 0.670. The van der Waals surface area contributed by atoms with Crippen molar-refractivity contribution in [1.82, 2.24) is 4.98 Å². The summed E-state index contributed by atoms with van der Waals surface area (Å²) in [6.45, 7) is 1.92. The molecule has 68 valence electrons. The number of aromatic nitrogens is 1. The summed E-state index contributed by atoms with van der Waals surface area (Å²) in [5, 5.41) is 1.63. The van der Waals surface area contributed by atoms with Gasteiger partial charge in [0, 0.05) is 5.02 Å². The highest BCUT2D eigenvalue weighted by Crippen LogP contribution is 2.30. The number of hydrogen-bond donors (Lipinski definition) is 0. The summed E-state index contributed by atoms with van der Waals surface area (Å²) in [6, 6.07) is 5.69. The van der Waals surface area contributed by atoms with Crippen LogP contribution in [0.3, 0.4) is 0 Å². The van der Waals surface area contributed by atoms with E-state index in [9.17, 15) is 0 Å². The Kier molecular flexibility index (Phi) is 2.45. The molecule has 1 nitrogen and oxygen atoms in total. The van der Waals surface area contributed by atoms with Crippen molar-refractivity contribution in [2.24, 2.45) is 0 Å². The highest BCUT2D eigenvalue weighted by atomic mass is 35.5. The summed E-state index contributed by atoms with van der Waals surface area (Å²) < 4.78 is 1.13. The van der Waals surface area contributed by atoms with Crippen LogP contribution in [0.1, 0.15) is 17.3 Å². The number of nitrogens with zero attached hydrogens (tertiary/aromatic N) is 1. The summed E-state index contributed by atoms with van der Waals surface area (Å²) in [4.78, 5) is 4.38.